The van der Waals surface area contributed by atoms with Gasteiger partial charge in [-0.1, -0.05) is 0 Å². The molecule has 0 radical (unpaired) electrons. The first-order valence-electron chi connectivity index (χ1n) is 9.67. The fourth-order valence-electron chi connectivity index (χ4n) is 2.75. The van der Waals surface area contributed by atoms with Gasteiger partial charge in [0.1, 0.15) is 0 Å². The minimum absolute atomic E-state index is 0.0337. The zero-order valence-corrected chi connectivity index (χ0v) is 16.8. The molecule has 0 aliphatic heterocycles. The zero-order valence-electron chi connectivity index (χ0n) is 16.8. The highest BCUT2D eigenvalue weighted by Gasteiger charge is 2.41. The highest BCUT2D eigenvalue weighted by Crippen LogP contribution is 2.45. The number of amides is 1. The molecule has 1 heterocycles. The molecule has 2 N–H and O–H groups in total. The average molecular weight is 376 g/mol. The number of likely N-dealkylation sites (N-methyl/N-ethyl adjacent to an activating group) is 2. The van der Waals surface area contributed by atoms with E-state index in [1.54, 1.807) is 6.20 Å². The molecule has 2 rings (SSSR count). The van der Waals surface area contributed by atoms with Crippen LogP contribution < -0.4 is 5.32 Å². The lowest BCUT2D eigenvalue weighted by Gasteiger charge is -2.23. The molecule has 1 aromatic heterocycles. The van der Waals surface area contributed by atoms with Gasteiger partial charge < -0.3 is 20.2 Å². The van der Waals surface area contributed by atoms with Crippen molar-refractivity contribution in [1.82, 2.24) is 20.1 Å². The van der Waals surface area contributed by atoms with E-state index >= 15 is 0 Å². The molecule has 0 atom stereocenters. The van der Waals surface area contributed by atoms with E-state index in [9.17, 15) is 9.90 Å². The number of aliphatic hydroxyl groups is 1. The summed E-state index contributed by atoms with van der Waals surface area (Å²) in [7, 11) is 4.01. The number of nitrogens with zero attached hydrogens (tertiary/aromatic N) is 4. The Bertz CT molecular complexity index is 629. The number of nitrogens with one attached hydrogen (secondary N) is 1. The molecule has 27 heavy (non-hydrogen) atoms. The van der Waals surface area contributed by atoms with Crippen LogP contribution in [0.3, 0.4) is 0 Å². The van der Waals surface area contributed by atoms with Crippen molar-refractivity contribution in [2.24, 2.45) is 10.4 Å². The predicted molar refractivity (Wildman–Crippen MR) is 108 cm³/mol. The van der Waals surface area contributed by atoms with Crippen LogP contribution in [0.1, 0.15) is 31.0 Å². The molecule has 1 fully saturated rings. The second-order valence-electron chi connectivity index (χ2n) is 7.59. The summed E-state index contributed by atoms with van der Waals surface area (Å²) < 4.78 is 0. The van der Waals surface area contributed by atoms with Crippen LogP contribution in [-0.4, -0.2) is 85.4 Å². The number of carbonyl (C=O) groups is 1. The lowest BCUT2D eigenvalue weighted by atomic mass is 10.1. The van der Waals surface area contributed by atoms with Crippen LogP contribution in [0.15, 0.2) is 23.3 Å². The molecule has 0 bridgehead atoms. The van der Waals surface area contributed by atoms with Crippen molar-refractivity contribution in [1.29, 1.82) is 0 Å². The summed E-state index contributed by atoms with van der Waals surface area (Å²) in [6.07, 6.45) is 5.72. The number of rotatable bonds is 12. The summed E-state index contributed by atoms with van der Waals surface area (Å²) in [6, 6.07) is 3.89. The van der Waals surface area contributed by atoms with E-state index in [0.29, 0.717) is 26.2 Å². The van der Waals surface area contributed by atoms with Crippen LogP contribution >= 0.6 is 0 Å². The molecule has 7 nitrogen and oxygen atoms in total. The number of carbonyl (C=O) groups excluding carboxylic acids is 1. The molecule has 0 unspecified atom stereocenters. The fourth-order valence-corrected chi connectivity index (χ4v) is 2.75. The number of aliphatic hydroxyl groups excluding tert-OH is 1. The molecular formula is C20H33N5O2. The monoisotopic (exact) mass is 375 g/mol. The summed E-state index contributed by atoms with van der Waals surface area (Å²) in [5.41, 5.74) is 1.90. The van der Waals surface area contributed by atoms with E-state index in [2.05, 4.69) is 20.2 Å². The van der Waals surface area contributed by atoms with Gasteiger partial charge in [0.2, 0.25) is 5.91 Å². The van der Waals surface area contributed by atoms with Gasteiger partial charge in [-0.15, -0.1) is 0 Å². The Balaban J connectivity index is 1.77. The van der Waals surface area contributed by atoms with Gasteiger partial charge in [0.25, 0.3) is 0 Å². The smallest absolute Gasteiger partial charge is 0.236 e. The van der Waals surface area contributed by atoms with Crippen molar-refractivity contribution >= 4 is 12.1 Å². The number of aliphatic imine (C=N–C) groups is 1. The third-order valence-corrected chi connectivity index (χ3v) is 4.93. The molecule has 0 aromatic carbocycles. The third-order valence-electron chi connectivity index (χ3n) is 4.93. The minimum Gasteiger partial charge on any atom is -0.396 e. The van der Waals surface area contributed by atoms with Gasteiger partial charge in [0.05, 0.1) is 18.8 Å². The molecule has 1 aliphatic rings. The predicted octanol–water partition coefficient (Wildman–Crippen LogP) is 0.773. The fraction of sp³-hybridized carbons (Fsp3) is 0.650. The third kappa shape index (κ3) is 7.36. The topological polar surface area (TPSA) is 81.1 Å². The van der Waals surface area contributed by atoms with Crippen molar-refractivity contribution in [3.63, 3.8) is 0 Å². The molecule has 7 heteroatoms. The standard InChI is InChI=1S/C20H33N5O2/c1-4-25(10-9-24(2)3)19(27)14-21-13-18-11-17(5-8-23-18)12-22-15-20(16-26)6-7-20/h5,8,11-12,21,26H,4,6-7,9-10,13-16H2,1-3H3. The molecule has 0 saturated heterocycles. The molecule has 0 spiro atoms. The first-order valence-corrected chi connectivity index (χ1v) is 9.67. The van der Waals surface area contributed by atoms with E-state index in [-0.39, 0.29) is 17.9 Å². The maximum atomic E-state index is 12.3. The Morgan fingerprint density at radius 3 is 2.81 bits per heavy atom. The average Bonchev–Trinajstić information content (AvgIpc) is 3.43. The van der Waals surface area contributed by atoms with E-state index in [0.717, 1.165) is 37.2 Å². The minimum atomic E-state index is 0.0337. The van der Waals surface area contributed by atoms with E-state index < -0.39 is 0 Å². The molecular weight excluding hydrogens is 342 g/mol. The highest BCUT2D eigenvalue weighted by molar-refractivity contribution is 5.79. The van der Waals surface area contributed by atoms with E-state index in [1.165, 1.54) is 0 Å². The lowest BCUT2D eigenvalue weighted by Crippen LogP contribution is -2.41. The Labute approximate surface area is 162 Å². The van der Waals surface area contributed by atoms with Crippen LogP contribution in [0.2, 0.25) is 0 Å². The van der Waals surface area contributed by atoms with Gasteiger partial charge in [0.15, 0.2) is 0 Å². The number of pyridine rings is 1. The summed E-state index contributed by atoms with van der Waals surface area (Å²) in [5, 5.41) is 12.5. The normalized spacial score (nSPS) is 15.4. The number of hydrogen-bond acceptors (Lipinski definition) is 6. The van der Waals surface area contributed by atoms with Gasteiger partial charge in [0, 0.05) is 50.6 Å². The van der Waals surface area contributed by atoms with Crippen LogP contribution in [0.4, 0.5) is 0 Å². The largest absolute Gasteiger partial charge is 0.396 e. The second-order valence-corrected chi connectivity index (χ2v) is 7.59. The van der Waals surface area contributed by atoms with Crippen molar-refractivity contribution in [3.8, 4) is 0 Å². The summed E-state index contributed by atoms with van der Waals surface area (Å²) in [4.78, 5) is 25.0. The van der Waals surface area contributed by atoms with Crippen LogP contribution in [0, 0.1) is 5.41 Å². The van der Waals surface area contributed by atoms with Gasteiger partial charge in [-0.25, -0.2) is 0 Å². The molecule has 1 amide bonds. The molecule has 1 saturated carbocycles. The van der Waals surface area contributed by atoms with Gasteiger partial charge in [-0.3, -0.25) is 14.8 Å². The Kier molecular flexibility index (Phi) is 8.34. The highest BCUT2D eigenvalue weighted by atomic mass is 16.3. The van der Waals surface area contributed by atoms with Crippen molar-refractivity contribution in [2.75, 3.05) is 53.4 Å². The molecule has 1 aliphatic carbocycles. The van der Waals surface area contributed by atoms with Crippen LogP contribution in [0.25, 0.3) is 0 Å². The quantitative estimate of drug-likeness (QED) is 0.528. The summed E-state index contributed by atoms with van der Waals surface area (Å²) >= 11 is 0. The van der Waals surface area contributed by atoms with Gasteiger partial charge >= 0.3 is 0 Å². The van der Waals surface area contributed by atoms with Gasteiger partial charge in [-0.05, 0) is 51.6 Å². The van der Waals surface area contributed by atoms with Crippen LogP contribution in [-0.2, 0) is 11.3 Å². The zero-order chi connectivity index (χ0) is 19.7. The Morgan fingerprint density at radius 1 is 1.41 bits per heavy atom. The van der Waals surface area contributed by atoms with Crippen molar-refractivity contribution in [3.05, 3.63) is 29.6 Å². The Morgan fingerprint density at radius 2 is 2.19 bits per heavy atom. The first kappa shape index (κ1) is 21.5. The Hall–Kier alpha value is -1.83. The SMILES string of the molecule is CCN(CCN(C)C)C(=O)CNCc1cc(C=NCC2(CO)CC2)ccn1. The van der Waals surface area contributed by atoms with Gasteiger partial charge in [-0.2, -0.15) is 0 Å². The van der Waals surface area contributed by atoms with Crippen LogP contribution in [0.5, 0.6) is 0 Å². The summed E-state index contributed by atoms with van der Waals surface area (Å²) in [5.74, 6) is 0.107. The van der Waals surface area contributed by atoms with E-state index in [1.807, 2.05) is 44.3 Å². The number of hydrogen-bond donors (Lipinski definition) is 2. The maximum Gasteiger partial charge on any atom is 0.236 e. The first-order chi connectivity index (χ1) is 13.0. The molecule has 150 valence electrons. The molecule has 1 aromatic rings. The van der Waals surface area contributed by atoms with E-state index in [4.69, 9.17) is 0 Å². The van der Waals surface area contributed by atoms with Crippen molar-refractivity contribution < 1.29 is 9.90 Å². The second kappa shape index (κ2) is 10.5. The lowest BCUT2D eigenvalue weighted by molar-refractivity contribution is -0.130. The van der Waals surface area contributed by atoms with Crippen molar-refractivity contribution in [2.45, 2.75) is 26.3 Å². The maximum absolute atomic E-state index is 12.3. The number of aromatic nitrogens is 1. The summed E-state index contributed by atoms with van der Waals surface area (Å²) in [6.45, 7) is 6.05.